The predicted octanol–water partition coefficient (Wildman–Crippen LogP) is 0.610. The molecule has 2 N–H and O–H groups in total. The molecule has 0 saturated heterocycles. The maximum atomic E-state index is 11.9. The van der Waals surface area contributed by atoms with Crippen LogP contribution in [0.15, 0.2) is 18.2 Å². The molecule has 0 aromatic carbocycles. The van der Waals surface area contributed by atoms with E-state index in [2.05, 4.69) is 10.3 Å². The average molecular weight is 252 g/mol. The summed E-state index contributed by atoms with van der Waals surface area (Å²) >= 11 is 0. The number of carbonyl (C=O) groups is 2. The minimum absolute atomic E-state index is 0.125. The van der Waals surface area contributed by atoms with Gasteiger partial charge in [-0.15, -0.1) is 0 Å². The lowest BCUT2D eigenvalue weighted by Gasteiger charge is -2.25. The normalized spacial score (nSPS) is 13.7. The van der Waals surface area contributed by atoms with Crippen molar-refractivity contribution in [3.8, 4) is 0 Å². The predicted molar refractivity (Wildman–Crippen MR) is 64.4 cm³/mol. The van der Waals surface area contributed by atoms with E-state index in [1.807, 2.05) is 0 Å². The van der Waals surface area contributed by atoms with Crippen molar-refractivity contribution in [3.63, 3.8) is 0 Å². The number of aryl methyl sites for hydroxylation is 1. The second-order valence-corrected chi connectivity index (χ2v) is 4.19. The molecule has 1 rings (SSSR count). The lowest BCUT2D eigenvalue weighted by molar-refractivity contribution is -0.145. The topological polar surface area (TPSA) is 88.5 Å². The second kappa shape index (κ2) is 5.59. The number of methoxy groups -OCH3 is 1. The summed E-state index contributed by atoms with van der Waals surface area (Å²) < 4.78 is 4.81. The molecule has 0 radical (unpaired) electrons. The van der Waals surface area contributed by atoms with E-state index >= 15 is 0 Å². The number of carbonyl (C=O) groups excluding carboxylic acids is 1. The van der Waals surface area contributed by atoms with Gasteiger partial charge in [0.05, 0.1) is 6.61 Å². The Morgan fingerprint density at radius 1 is 1.50 bits per heavy atom. The Balaban J connectivity index is 2.88. The van der Waals surface area contributed by atoms with Gasteiger partial charge in [0, 0.05) is 12.8 Å². The molecule has 1 unspecified atom stereocenters. The van der Waals surface area contributed by atoms with Crippen LogP contribution in [0.2, 0.25) is 0 Å². The first kappa shape index (κ1) is 14.1. The van der Waals surface area contributed by atoms with Crippen LogP contribution in [0.5, 0.6) is 0 Å². The maximum Gasteiger partial charge on any atom is 0.331 e. The zero-order chi connectivity index (χ0) is 13.8. The summed E-state index contributed by atoms with van der Waals surface area (Å²) in [5.74, 6) is -1.70. The Labute approximate surface area is 105 Å². The quantitative estimate of drug-likeness (QED) is 0.801. The van der Waals surface area contributed by atoms with E-state index in [9.17, 15) is 9.59 Å². The number of carboxylic acid groups (broad SMARTS) is 1. The largest absolute Gasteiger partial charge is 0.479 e. The fourth-order valence-corrected chi connectivity index (χ4v) is 1.42. The molecule has 1 atom stereocenters. The summed E-state index contributed by atoms with van der Waals surface area (Å²) in [7, 11) is 1.37. The van der Waals surface area contributed by atoms with Gasteiger partial charge in [0.2, 0.25) is 0 Å². The lowest BCUT2D eigenvalue weighted by atomic mass is 10.0. The van der Waals surface area contributed by atoms with Crippen molar-refractivity contribution in [1.29, 1.82) is 0 Å². The van der Waals surface area contributed by atoms with Gasteiger partial charge in [-0.3, -0.25) is 4.79 Å². The number of ether oxygens (including phenoxy) is 1. The molecule has 1 aromatic rings. The molecule has 18 heavy (non-hydrogen) atoms. The van der Waals surface area contributed by atoms with Crippen LogP contribution >= 0.6 is 0 Å². The van der Waals surface area contributed by atoms with Gasteiger partial charge in [0.1, 0.15) is 5.69 Å². The Hall–Kier alpha value is -1.95. The molecule has 1 aromatic heterocycles. The van der Waals surface area contributed by atoms with Gasteiger partial charge in [0.25, 0.3) is 5.91 Å². The molecule has 6 heteroatoms. The van der Waals surface area contributed by atoms with Crippen LogP contribution in [-0.4, -0.2) is 41.2 Å². The molecule has 0 saturated carbocycles. The summed E-state index contributed by atoms with van der Waals surface area (Å²) in [5, 5.41) is 11.5. The molecule has 0 aliphatic carbocycles. The third-order valence-corrected chi connectivity index (χ3v) is 2.42. The van der Waals surface area contributed by atoms with Crippen molar-refractivity contribution >= 4 is 11.9 Å². The minimum Gasteiger partial charge on any atom is -0.479 e. The third-order valence-electron chi connectivity index (χ3n) is 2.42. The van der Waals surface area contributed by atoms with Crippen molar-refractivity contribution in [2.75, 3.05) is 13.7 Å². The fourth-order valence-electron chi connectivity index (χ4n) is 1.42. The summed E-state index contributed by atoms with van der Waals surface area (Å²) in [6, 6.07) is 4.96. The highest BCUT2D eigenvalue weighted by atomic mass is 16.5. The number of hydrogen-bond acceptors (Lipinski definition) is 4. The highest BCUT2D eigenvalue weighted by Gasteiger charge is 2.35. The van der Waals surface area contributed by atoms with Crippen molar-refractivity contribution < 1.29 is 19.4 Å². The first-order valence-corrected chi connectivity index (χ1v) is 5.37. The Bertz CT molecular complexity index is 461. The molecule has 1 amide bonds. The standard InChI is InChI=1S/C12H16N2O4/c1-8-5-4-6-9(13-8)10(15)14-12(2,7-18-3)11(16)17/h4-6H,7H2,1-3H3,(H,14,15)(H,16,17). The molecular weight excluding hydrogens is 236 g/mol. The molecule has 98 valence electrons. The van der Waals surface area contributed by atoms with Crippen molar-refractivity contribution in [2.24, 2.45) is 0 Å². The molecule has 0 aliphatic heterocycles. The van der Waals surface area contributed by atoms with Gasteiger partial charge in [-0.25, -0.2) is 9.78 Å². The van der Waals surface area contributed by atoms with Crippen LogP contribution in [0.4, 0.5) is 0 Å². The second-order valence-electron chi connectivity index (χ2n) is 4.19. The number of hydrogen-bond donors (Lipinski definition) is 2. The Morgan fingerprint density at radius 3 is 2.67 bits per heavy atom. The first-order chi connectivity index (χ1) is 8.39. The van der Waals surface area contributed by atoms with Crippen LogP contribution in [0.1, 0.15) is 23.1 Å². The number of nitrogens with zero attached hydrogens (tertiary/aromatic N) is 1. The summed E-state index contributed by atoms with van der Waals surface area (Å²) in [4.78, 5) is 27.1. The number of amides is 1. The maximum absolute atomic E-state index is 11.9. The molecule has 0 bridgehead atoms. The number of aromatic nitrogens is 1. The van der Waals surface area contributed by atoms with Crippen LogP contribution in [0, 0.1) is 6.92 Å². The monoisotopic (exact) mass is 252 g/mol. The van der Waals surface area contributed by atoms with Gasteiger partial charge in [-0.1, -0.05) is 6.07 Å². The summed E-state index contributed by atoms with van der Waals surface area (Å²) in [5.41, 5.74) is -0.609. The summed E-state index contributed by atoms with van der Waals surface area (Å²) in [6.07, 6.45) is 0. The zero-order valence-corrected chi connectivity index (χ0v) is 10.6. The lowest BCUT2D eigenvalue weighted by Crippen LogP contribution is -2.55. The molecule has 0 aliphatic rings. The van der Waals surface area contributed by atoms with E-state index in [1.165, 1.54) is 20.1 Å². The number of carboxylic acids is 1. The number of pyridine rings is 1. The SMILES string of the molecule is COCC(C)(NC(=O)c1cccc(C)n1)C(=O)O. The number of rotatable bonds is 5. The van der Waals surface area contributed by atoms with Crippen LogP contribution in [-0.2, 0) is 9.53 Å². The van der Waals surface area contributed by atoms with E-state index in [0.29, 0.717) is 5.69 Å². The van der Waals surface area contributed by atoms with E-state index in [1.54, 1.807) is 19.1 Å². The van der Waals surface area contributed by atoms with Crippen LogP contribution in [0.25, 0.3) is 0 Å². The first-order valence-electron chi connectivity index (χ1n) is 5.37. The highest BCUT2D eigenvalue weighted by Crippen LogP contribution is 2.07. The third kappa shape index (κ3) is 3.27. The van der Waals surface area contributed by atoms with E-state index in [-0.39, 0.29) is 12.3 Å². The number of nitrogens with one attached hydrogen (secondary N) is 1. The van der Waals surface area contributed by atoms with Gasteiger partial charge in [-0.2, -0.15) is 0 Å². The minimum atomic E-state index is -1.47. The van der Waals surface area contributed by atoms with Crippen LogP contribution < -0.4 is 5.32 Å². The molecular formula is C12H16N2O4. The molecule has 6 nitrogen and oxygen atoms in total. The zero-order valence-electron chi connectivity index (χ0n) is 10.6. The van der Waals surface area contributed by atoms with Crippen molar-refractivity contribution in [1.82, 2.24) is 10.3 Å². The van der Waals surface area contributed by atoms with Crippen LogP contribution in [0.3, 0.4) is 0 Å². The van der Waals surface area contributed by atoms with Gasteiger partial charge in [-0.05, 0) is 26.0 Å². The van der Waals surface area contributed by atoms with E-state index < -0.39 is 17.4 Å². The summed E-state index contributed by atoms with van der Waals surface area (Å²) in [6.45, 7) is 3.01. The highest BCUT2D eigenvalue weighted by molar-refractivity contribution is 5.96. The Morgan fingerprint density at radius 2 is 2.17 bits per heavy atom. The van der Waals surface area contributed by atoms with Gasteiger partial charge in [0.15, 0.2) is 5.54 Å². The average Bonchev–Trinajstić information content (AvgIpc) is 2.29. The van der Waals surface area contributed by atoms with Gasteiger partial charge >= 0.3 is 5.97 Å². The smallest absolute Gasteiger partial charge is 0.331 e. The van der Waals surface area contributed by atoms with E-state index in [0.717, 1.165) is 0 Å². The fraction of sp³-hybridized carbons (Fsp3) is 0.417. The number of aliphatic carboxylic acids is 1. The molecule has 1 heterocycles. The van der Waals surface area contributed by atoms with E-state index in [4.69, 9.17) is 9.84 Å². The van der Waals surface area contributed by atoms with Crippen molar-refractivity contribution in [3.05, 3.63) is 29.6 Å². The molecule has 0 spiro atoms. The Kier molecular flexibility index (Phi) is 4.38. The van der Waals surface area contributed by atoms with Crippen molar-refractivity contribution in [2.45, 2.75) is 19.4 Å². The van der Waals surface area contributed by atoms with Gasteiger partial charge < -0.3 is 15.2 Å². The molecule has 0 fully saturated rings.